The van der Waals surface area contributed by atoms with Crippen molar-refractivity contribution in [2.75, 3.05) is 6.54 Å². The summed E-state index contributed by atoms with van der Waals surface area (Å²) in [5, 5.41) is 3.54. The number of benzene rings is 1. The number of nitrogens with one attached hydrogen (secondary N) is 1. The lowest BCUT2D eigenvalue weighted by atomic mass is 10.0. The maximum atomic E-state index is 13.9. The molecule has 7 heteroatoms. The lowest BCUT2D eigenvalue weighted by molar-refractivity contribution is 0.434. The lowest BCUT2D eigenvalue weighted by Crippen LogP contribution is -2.22. The molecule has 1 atom stereocenters. The van der Waals surface area contributed by atoms with Crippen molar-refractivity contribution in [2.24, 2.45) is 0 Å². The van der Waals surface area contributed by atoms with Crippen LogP contribution in [0.5, 0.6) is 0 Å². The average molecular weight is 385 g/mol. The second-order valence-electron chi connectivity index (χ2n) is 4.03. The zero-order valence-corrected chi connectivity index (χ0v) is 13.5. The zero-order valence-electron chi connectivity index (χ0n) is 10.3. The molecule has 0 aliphatic carbocycles. The standard InChI is InChI=1S/C13H10BrClF3NS/c1-2-19-12(9-5-7(15)13(14)20-9)6-3-4-8(16)11(18)10(6)17/h3-5,12,19H,2H2,1H3. The van der Waals surface area contributed by atoms with Crippen LogP contribution in [0.15, 0.2) is 22.0 Å². The monoisotopic (exact) mass is 383 g/mol. The molecule has 1 nitrogen and oxygen atoms in total. The fourth-order valence-corrected chi connectivity index (χ4v) is 3.68. The first kappa shape index (κ1) is 15.8. The van der Waals surface area contributed by atoms with Crippen LogP contribution in [0.2, 0.25) is 5.02 Å². The van der Waals surface area contributed by atoms with E-state index in [2.05, 4.69) is 21.2 Å². The Morgan fingerprint density at radius 3 is 2.55 bits per heavy atom. The molecule has 0 spiro atoms. The van der Waals surface area contributed by atoms with Crippen LogP contribution in [-0.2, 0) is 0 Å². The number of hydrogen-bond donors (Lipinski definition) is 1. The molecule has 0 saturated heterocycles. The molecule has 108 valence electrons. The minimum atomic E-state index is -1.47. The van der Waals surface area contributed by atoms with E-state index in [-0.39, 0.29) is 5.56 Å². The summed E-state index contributed by atoms with van der Waals surface area (Å²) in [6.07, 6.45) is 0. The first-order valence-corrected chi connectivity index (χ1v) is 7.76. The molecule has 0 saturated carbocycles. The molecular weight excluding hydrogens is 375 g/mol. The van der Waals surface area contributed by atoms with Gasteiger partial charge in [-0.2, -0.15) is 0 Å². The quantitative estimate of drug-likeness (QED) is 0.707. The van der Waals surface area contributed by atoms with Crippen LogP contribution >= 0.6 is 38.9 Å². The van der Waals surface area contributed by atoms with Crippen molar-refractivity contribution in [3.8, 4) is 0 Å². The normalized spacial score (nSPS) is 12.7. The second kappa shape index (κ2) is 6.47. The summed E-state index contributed by atoms with van der Waals surface area (Å²) in [5.74, 6) is -3.85. The summed E-state index contributed by atoms with van der Waals surface area (Å²) in [7, 11) is 0. The van der Waals surface area contributed by atoms with Gasteiger partial charge < -0.3 is 5.32 Å². The molecular formula is C13H10BrClF3NS. The van der Waals surface area contributed by atoms with Crippen LogP contribution in [0.1, 0.15) is 23.4 Å². The first-order valence-electron chi connectivity index (χ1n) is 5.77. The van der Waals surface area contributed by atoms with Gasteiger partial charge in [0.15, 0.2) is 17.5 Å². The SMILES string of the molecule is CCNC(c1cc(Cl)c(Br)s1)c1ccc(F)c(F)c1F. The van der Waals surface area contributed by atoms with Gasteiger partial charge in [-0.25, -0.2) is 13.2 Å². The first-order chi connectivity index (χ1) is 9.45. The van der Waals surface area contributed by atoms with Crippen LogP contribution in [0.4, 0.5) is 13.2 Å². The summed E-state index contributed by atoms with van der Waals surface area (Å²) in [4.78, 5) is 0.716. The smallest absolute Gasteiger partial charge is 0.194 e. The van der Waals surface area contributed by atoms with Gasteiger partial charge in [-0.15, -0.1) is 11.3 Å². The van der Waals surface area contributed by atoms with Gasteiger partial charge in [-0.1, -0.05) is 24.6 Å². The summed E-state index contributed by atoms with van der Waals surface area (Å²) < 4.78 is 41.0. The Bertz CT molecular complexity index is 613. The Balaban J connectivity index is 2.51. The van der Waals surface area contributed by atoms with Gasteiger partial charge in [-0.05, 0) is 34.6 Å². The summed E-state index contributed by atoms with van der Waals surface area (Å²) in [6.45, 7) is 2.38. The number of halogens is 5. The molecule has 1 heterocycles. The van der Waals surface area contributed by atoms with E-state index >= 15 is 0 Å². The average Bonchev–Trinajstić information content (AvgIpc) is 2.74. The van der Waals surface area contributed by atoms with Gasteiger partial charge in [0.25, 0.3) is 0 Å². The molecule has 0 aliphatic heterocycles. The van der Waals surface area contributed by atoms with Crippen LogP contribution < -0.4 is 5.32 Å². The predicted molar refractivity (Wildman–Crippen MR) is 78.9 cm³/mol. The Kier molecular flexibility index (Phi) is 5.12. The van der Waals surface area contributed by atoms with E-state index in [9.17, 15) is 13.2 Å². The van der Waals surface area contributed by atoms with Crippen molar-refractivity contribution in [1.29, 1.82) is 0 Å². The van der Waals surface area contributed by atoms with Crippen molar-refractivity contribution in [2.45, 2.75) is 13.0 Å². The van der Waals surface area contributed by atoms with E-state index in [0.29, 0.717) is 20.2 Å². The van der Waals surface area contributed by atoms with E-state index < -0.39 is 23.5 Å². The highest BCUT2D eigenvalue weighted by atomic mass is 79.9. The molecule has 1 aromatic heterocycles. The summed E-state index contributed by atoms with van der Waals surface area (Å²) >= 11 is 10.6. The van der Waals surface area contributed by atoms with Gasteiger partial charge in [0.05, 0.1) is 14.9 Å². The Labute approximate surface area is 131 Å². The molecule has 0 radical (unpaired) electrons. The number of hydrogen-bond acceptors (Lipinski definition) is 2. The molecule has 2 aromatic rings. The van der Waals surface area contributed by atoms with Gasteiger partial charge >= 0.3 is 0 Å². The highest BCUT2D eigenvalue weighted by Gasteiger charge is 2.23. The molecule has 0 amide bonds. The molecule has 0 bridgehead atoms. The third kappa shape index (κ3) is 3.03. The number of thiophene rings is 1. The van der Waals surface area contributed by atoms with Crippen LogP contribution in [0.25, 0.3) is 0 Å². The third-order valence-corrected chi connectivity index (χ3v) is 5.27. The van der Waals surface area contributed by atoms with E-state index in [1.54, 1.807) is 6.07 Å². The molecule has 0 fully saturated rings. The van der Waals surface area contributed by atoms with E-state index in [1.807, 2.05) is 6.92 Å². The molecule has 1 unspecified atom stereocenters. The molecule has 0 aliphatic rings. The van der Waals surface area contributed by atoms with E-state index in [1.165, 1.54) is 17.4 Å². The highest BCUT2D eigenvalue weighted by molar-refractivity contribution is 9.11. The summed E-state index contributed by atoms with van der Waals surface area (Å²) in [6, 6.07) is 3.25. The van der Waals surface area contributed by atoms with Crippen LogP contribution in [0, 0.1) is 17.5 Å². The Hall–Kier alpha value is -0.560. The minimum absolute atomic E-state index is 0.0520. The van der Waals surface area contributed by atoms with Gasteiger partial charge in [0.1, 0.15) is 0 Å². The lowest BCUT2D eigenvalue weighted by Gasteiger charge is -2.18. The third-order valence-electron chi connectivity index (χ3n) is 2.73. The predicted octanol–water partition coefficient (Wildman–Crippen LogP) is 5.28. The molecule has 2 rings (SSSR count). The highest BCUT2D eigenvalue weighted by Crippen LogP contribution is 2.38. The fourth-order valence-electron chi connectivity index (χ4n) is 1.84. The van der Waals surface area contributed by atoms with Gasteiger partial charge in [0.2, 0.25) is 0 Å². The van der Waals surface area contributed by atoms with Gasteiger partial charge in [0, 0.05) is 10.4 Å². The zero-order chi connectivity index (χ0) is 14.9. The molecule has 1 aromatic carbocycles. The topological polar surface area (TPSA) is 12.0 Å². The maximum Gasteiger partial charge on any atom is 0.194 e. The van der Waals surface area contributed by atoms with Crippen molar-refractivity contribution in [1.82, 2.24) is 5.32 Å². The van der Waals surface area contributed by atoms with Gasteiger partial charge in [-0.3, -0.25) is 0 Å². The minimum Gasteiger partial charge on any atom is -0.306 e. The van der Waals surface area contributed by atoms with Crippen LogP contribution in [0.3, 0.4) is 0 Å². The van der Waals surface area contributed by atoms with Crippen molar-refractivity contribution in [3.05, 3.63) is 54.9 Å². The van der Waals surface area contributed by atoms with Crippen molar-refractivity contribution in [3.63, 3.8) is 0 Å². The number of rotatable bonds is 4. The Morgan fingerprint density at radius 2 is 2.00 bits per heavy atom. The van der Waals surface area contributed by atoms with E-state index in [4.69, 9.17) is 11.6 Å². The van der Waals surface area contributed by atoms with Crippen molar-refractivity contribution < 1.29 is 13.2 Å². The second-order valence-corrected chi connectivity index (χ2v) is 6.83. The fraction of sp³-hybridized carbons (Fsp3) is 0.231. The Morgan fingerprint density at radius 1 is 1.30 bits per heavy atom. The molecule has 20 heavy (non-hydrogen) atoms. The molecule has 1 N–H and O–H groups in total. The van der Waals surface area contributed by atoms with Crippen molar-refractivity contribution >= 4 is 38.9 Å². The largest absolute Gasteiger partial charge is 0.306 e. The summed E-state index contributed by atoms with van der Waals surface area (Å²) in [5.41, 5.74) is 0.0520. The maximum absolute atomic E-state index is 13.9. The van der Waals surface area contributed by atoms with E-state index in [0.717, 1.165) is 6.07 Å². The van der Waals surface area contributed by atoms with Crippen LogP contribution in [-0.4, -0.2) is 6.54 Å².